The fourth-order valence-corrected chi connectivity index (χ4v) is 2.27. The Morgan fingerprint density at radius 1 is 1.41 bits per heavy atom. The number of nitrogens with zero attached hydrogens (tertiary/aromatic N) is 2. The van der Waals surface area contributed by atoms with Crippen molar-refractivity contribution >= 4 is 22.0 Å². The Morgan fingerprint density at radius 3 is 2.88 bits per heavy atom. The van der Waals surface area contributed by atoms with Gasteiger partial charge in [-0.05, 0) is 18.6 Å². The van der Waals surface area contributed by atoms with Gasteiger partial charge in [-0.15, -0.1) is 0 Å². The van der Waals surface area contributed by atoms with E-state index in [1.165, 1.54) is 6.07 Å². The Morgan fingerprint density at radius 2 is 2.18 bits per heavy atom. The summed E-state index contributed by atoms with van der Waals surface area (Å²) in [6, 6.07) is 4.89. The zero-order valence-electron chi connectivity index (χ0n) is 9.62. The van der Waals surface area contributed by atoms with E-state index in [1.807, 2.05) is 0 Å². The smallest absolute Gasteiger partial charge is 0.320 e. The number of hydrogen-bond acceptors (Lipinski definition) is 1. The molecule has 5 heteroatoms. The first kappa shape index (κ1) is 12.4. The Hall–Kier alpha value is -1.10. The second-order valence-corrected chi connectivity index (χ2v) is 5.13. The van der Waals surface area contributed by atoms with Crippen LogP contribution in [0.4, 0.5) is 9.18 Å². The predicted octanol–water partition coefficient (Wildman–Crippen LogP) is 2.85. The second kappa shape index (κ2) is 5.04. The Kier molecular flexibility index (Phi) is 3.66. The number of hydrogen-bond donors (Lipinski definition) is 0. The summed E-state index contributed by atoms with van der Waals surface area (Å²) in [6.45, 7) is 1.80. The Bertz CT molecular complexity index is 439. The topological polar surface area (TPSA) is 23.6 Å². The monoisotopic (exact) mass is 300 g/mol. The number of carbonyl (C=O) groups excluding carboxylic acids is 1. The van der Waals surface area contributed by atoms with Crippen LogP contribution in [0.25, 0.3) is 0 Å². The number of carbonyl (C=O) groups is 1. The lowest BCUT2D eigenvalue weighted by molar-refractivity contribution is 0.137. The molecule has 0 aromatic heterocycles. The van der Waals surface area contributed by atoms with E-state index in [0.29, 0.717) is 23.1 Å². The van der Waals surface area contributed by atoms with Gasteiger partial charge in [-0.3, -0.25) is 0 Å². The van der Waals surface area contributed by atoms with Crippen molar-refractivity contribution in [1.82, 2.24) is 9.80 Å². The predicted molar refractivity (Wildman–Crippen MR) is 67.2 cm³/mol. The number of rotatable bonds is 2. The van der Waals surface area contributed by atoms with Gasteiger partial charge >= 0.3 is 6.03 Å². The first-order chi connectivity index (χ1) is 8.08. The van der Waals surface area contributed by atoms with Gasteiger partial charge in [-0.1, -0.05) is 22.0 Å². The summed E-state index contributed by atoms with van der Waals surface area (Å²) in [4.78, 5) is 15.2. The molecule has 0 N–H and O–H groups in total. The average Bonchev–Trinajstić information content (AvgIpc) is 2.28. The molecular weight excluding hydrogens is 287 g/mol. The van der Waals surface area contributed by atoms with Gasteiger partial charge in [-0.2, -0.15) is 0 Å². The van der Waals surface area contributed by atoms with E-state index in [0.717, 1.165) is 13.0 Å². The molecule has 0 saturated carbocycles. The lowest BCUT2D eigenvalue weighted by Gasteiger charge is -2.33. The molecule has 92 valence electrons. The molecule has 1 aromatic rings. The van der Waals surface area contributed by atoms with Crippen LogP contribution in [0, 0.1) is 5.82 Å². The first-order valence-electron chi connectivity index (χ1n) is 5.52. The molecule has 2 rings (SSSR count). The molecule has 0 bridgehead atoms. The van der Waals surface area contributed by atoms with Crippen LogP contribution in [0.15, 0.2) is 22.7 Å². The molecule has 17 heavy (non-hydrogen) atoms. The quantitative estimate of drug-likeness (QED) is 0.824. The molecule has 0 spiro atoms. The van der Waals surface area contributed by atoms with Crippen molar-refractivity contribution in [2.75, 3.05) is 20.1 Å². The second-order valence-electron chi connectivity index (χ2n) is 4.21. The third kappa shape index (κ3) is 2.77. The average molecular weight is 301 g/mol. The first-order valence-corrected chi connectivity index (χ1v) is 6.31. The van der Waals surface area contributed by atoms with Crippen molar-refractivity contribution < 1.29 is 9.18 Å². The van der Waals surface area contributed by atoms with E-state index in [2.05, 4.69) is 15.9 Å². The van der Waals surface area contributed by atoms with Crippen molar-refractivity contribution in [1.29, 1.82) is 0 Å². The molecule has 2 amide bonds. The van der Waals surface area contributed by atoms with Crippen molar-refractivity contribution in [3.63, 3.8) is 0 Å². The van der Waals surface area contributed by atoms with Crippen molar-refractivity contribution in [2.24, 2.45) is 0 Å². The summed E-state index contributed by atoms with van der Waals surface area (Å²) in [6.07, 6.45) is 0.931. The molecule has 1 saturated heterocycles. The molecule has 1 aliphatic rings. The summed E-state index contributed by atoms with van der Waals surface area (Å²) < 4.78 is 14.4. The molecule has 0 aliphatic carbocycles. The third-order valence-corrected chi connectivity index (χ3v) is 3.39. The van der Waals surface area contributed by atoms with Crippen LogP contribution < -0.4 is 0 Å². The Balaban J connectivity index is 2.12. The molecule has 0 unspecified atom stereocenters. The summed E-state index contributed by atoms with van der Waals surface area (Å²) in [5, 5.41) is 0. The van der Waals surface area contributed by atoms with Crippen LogP contribution in [-0.2, 0) is 6.54 Å². The minimum Gasteiger partial charge on any atom is -0.328 e. The minimum absolute atomic E-state index is 0.0291. The van der Waals surface area contributed by atoms with Gasteiger partial charge in [0, 0.05) is 30.2 Å². The van der Waals surface area contributed by atoms with Gasteiger partial charge in [0.25, 0.3) is 0 Å². The lowest BCUT2D eigenvalue weighted by atomic mass is 10.2. The van der Waals surface area contributed by atoms with E-state index in [4.69, 9.17) is 0 Å². The number of halogens is 2. The minimum atomic E-state index is -0.277. The van der Waals surface area contributed by atoms with Crippen LogP contribution >= 0.6 is 15.9 Å². The van der Waals surface area contributed by atoms with Crippen LogP contribution in [-0.4, -0.2) is 36.0 Å². The molecule has 1 aromatic carbocycles. The highest BCUT2D eigenvalue weighted by atomic mass is 79.9. The lowest BCUT2D eigenvalue weighted by Crippen LogP contribution is -2.46. The van der Waals surface area contributed by atoms with E-state index in [9.17, 15) is 9.18 Å². The highest BCUT2D eigenvalue weighted by Crippen LogP contribution is 2.18. The van der Waals surface area contributed by atoms with Gasteiger partial charge in [0.05, 0.1) is 6.54 Å². The SMILES string of the molecule is CN1CCCN(Cc2ccc(Br)cc2F)C1=O. The molecule has 1 heterocycles. The van der Waals surface area contributed by atoms with E-state index in [-0.39, 0.29) is 11.8 Å². The number of amides is 2. The molecule has 1 aliphatic heterocycles. The maximum Gasteiger partial charge on any atom is 0.320 e. The standard InChI is InChI=1S/C12H14BrFN2O/c1-15-5-2-6-16(12(15)17)8-9-3-4-10(13)7-11(9)14/h3-4,7H,2,5-6,8H2,1H3. The molecular formula is C12H14BrFN2O. The van der Waals surface area contributed by atoms with E-state index in [1.54, 1.807) is 29.0 Å². The summed E-state index contributed by atoms with van der Waals surface area (Å²) in [7, 11) is 1.77. The molecule has 0 radical (unpaired) electrons. The maximum atomic E-state index is 13.6. The highest BCUT2D eigenvalue weighted by molar-refractivity contribution is 9.10. The van der Waals surface area contributed by atoms with Crippen LogP contribution in [0.3, 0.4) is 0 Å². The summed E-state index contributed by atoms with van der Waals surface area (Å²) in [5.41, 5.74) is 0.553. The van der Waals surface area contributed by atoms with Gasteiger partial charge in [0.15, 0.2) is 0 Å². The number of benzene rings is 1. The van der Waals surface area contributed by atoms with Crippen LogP contribution in [0.2, 0.25) is 0 Å². The van der Waals surface area contributed by atoms with Crippen molar-refractivity contribution in [2.45, 2.75) is 13.0 Å². The zero-order valence-corrected chi connectivity index (χ0v) is 11.2. The fraction of sp³-hybridized carbons (Fsp3) is 0.417. The summed E-state index contributed by atoms with van der Waals surface area (Å²) in [5.74, 6) is -0.277. The third-order valence-electron chi connectivity index (χ3n) is 2.89. The summed E-state index contributed by atoms with van der Waals surface area (Å²) >= 11 is 3.21. The van der Waals surface area contributed by atoms with Gasteiger partial charge in [0.2, 0.25) is 0 Å². The molecule has 0 atom stereocenters. The van der Waals surface area contributed by atoms with E-state index < -0.39 is 0 Å². The van der Waals surface area contributed by atoms with Gasteiger partial charge in [-0.25, -0.2) is 9.18 Å². The van der Waals surface area contributed by atoms with Gasteiger partial charge < -0.3 is 9.80 Å². The number of urea groups is 1. The zero-order chi connectivity index (χ0) is 12.4. The van der Waals surface area contributed by atoms with Crippen LogP contribution in [0.1, 0.15) is 12.0 Å². The van der Waals surface area contributed by atoms with Gasteiger partial charge in [0.1, 0.15) is 5.82 Å². The van der Waals surface area contributed by atoms with Crippen LogP contribution in [0.5, 0.6) is 0 Å². The van der Waals surface area contributed by atoms with E-state index >= 15 is 0 Å². The van der Waals surface area contributed by atoms with Crippen molar-refractivity contribution in [3.05, 3.63) is 34.1 Å². The molecule has 1 fully saturated rings. The largest absolute Gasteiger partial charge is 0.328 e. The fourth-order valence-electron chi connectivity index (χ4n) is 1.93. The maximum absolute atomic E-state index is 13.6. The molecule has 3 nitrogen and oxygen atoms in total. The normalized spacial score (nSPS) is 16.5. The Labute approximate surface area is 108 Å². The highest BCUT2D eigenvalue weighted by Gasteiger charge is 2.23. The van der Waals surface area contributed by atoms with Crippen molar-refractivity contribution in [3.8, 4) is 0 Å².